The summed E-state index contributed by atoms with van der Waals surface area (Å²) in [7, 11) is 0. The van der Waals surface area contributed by atoms with Gasteiger partial charge in [-0.2, -0.15) is 13.2 Å². The number of aromatic amines is 1. The Labute approximate surface area is 210 Å². The van der Waals surface area contributed by atoms with Crippen LogP contribution < -0.4 is 5.32 Å². The third-order valence-electron chi connectivity index (χ3n) is 5.95. The molecule has 0 spiro atoms. The second-order valence-corrected chi connectivity index (χ2v) is 8.35. The molecule has 13 heteroatoms. The SMILES string of the molecule is O=C(O)Nc1nc2ccc(C3(OC(=O)C(F)(F)F)c4ccccc4C(=O)N3Cc3cccc(F)c3)cc2[nH]1. The van der Waals surface area contributed by atoms with E-state index in [1.807, 2.05) is 5.32 Å². The molecule has 5 rings (SSSR count). The largest absolute Gasteiger partial charge is 0.491 e. The highest BCUT2D eigenvalue weighted by atomic mass is 19.4. The molecule has 0 bridgehead atoms. The van der Waals surface area contributed by atoms with Crippen molar-refractivity contribution in [2.45, 2.75) is 18.4 Å². The van der Waals surface area contributed by atoms with Gasteiger partial charge in [0.1, 0.15) is 5.82 Å². The number of nitrogens with one attached hydrogen (secondary N) is 2. The number of alkyl halides is 3. The van der Waals surface area contributed by atoms with Crippen LogP contribution in [0.3, 0.4) is 0 Å². The summed E-state index contributed by atoms with van der Waals surface area (Å²) < 4.78 is 59.8. The lowest BCUT2D eigenvalue weighted by atomic mass is 9.92. The van der Waals surface area contributed by atoms with Crippen LogP contribution in [-0.2, 0) is 21.8 Å². The molecule has 0 fully saturated rings. The molecular formula is C25H16F4N4O5. The molecule has 1 unspecified atom stereocenters. The lowest BCUT2D eigenvalue weighted by Gasteiger charge is -2.39. The zero-order chi connectivity index (χ0) is 27.2. The van der Waals surface area contributed by atoms with Crippen molar-refractivity contribution >= 4 is 35.0 Å². The first-order valence-electron chi connectivity index (χ1n) is 11.0. The van der Waals surface area contributed by atoms with Gasteiger partial charge < -0.3 is 14.8 Å². The Hall–Kier alpha value is -4.94. The fraction of sp³-hybridized carbons (Fsp3) is 0.120. The van der Waals surface area contributed by atoms with Gasteiger partial charge in [-0.05, 0) is 35.9 Å². The van der Waals surface area contributed by atoms with Gasteiger partial charge in [-0.25, -0.2) is 19.0 Å². The number of carbonyl (C=O) groups excluding carboxylic acids is 2. The fourth-order valence-electron chi connectivity index (χ4n) is 4.45. The summed E-state index contributed by atoms with van der Waals surface area (Å²) in [5.74, 6) is -4.10. The number of anilines is 1. The van der Waals surface area contributed by atoms with Gasteiger partial charge in [0.15, 0.2) is 0 Å². The molecule has 3 N–H and O–H groups in total. The van der Waals surface area contributed by atoms with Crippen LogP contribution in [0.1, 0.15) is 27.0 Å². The minimum absolute atomic E-state index is 0.0168. The molecule has 0 radical (unpaired) electrons. The number of benzene rings is 3. The van der Waals surface area contributed by atoms with E-state index in [0.29, 0.717) is 0 Å². The maximum absolute atomic E-state index is 14.0. The van der Waals surface area contributed by atoms with E-state index >= 15 is 0 Å². The molecule has 1 atom stereocenters. The Morgan fingerprint density at radius 1 is 1.08 bits per heavy atom. The summed E-state index contributed by atoms with van der Waals surface area (Å²) in [6.07, 6.45) is -6.81. The molecular weight excluding hydrogens is 512 g/mol. The molecule has 2 amide bonds. The van der Waals surface area contributed by atoms with E-state index in [-0.39, 0.29) is 39.2 Å². The number of halogens is 4. The molecule has 9 nitrogen and oxygen atoms in total. The lowest BCUT2D eigenvalue weighted by Crippen LogP contribution is -2.49. The second kappa shape index (κ2) is 8.87. The summed E-state index contributed by atoms with van der Waals surface area (Å²) in [5, 5.41) is 11.0. The van der Waals surface area contributed by atoms with Crippen LogP contribution in [0, 0.1) is 5.82 Å². The first-order valence-corrected chi connectivity index (χ1v) is 11.0. The van der Waals surface area contributed by atoms with E-state index in [4.69, 9.17) is 9.84 Å². The van der Waals surface area contributed by atoms with Crippen molar-refractivity contribution in [2.24, 2.45) is 0 Å². The van der Waals surface area contributed by atoms with Crippen LogP contribution >= 0.6 is 0 Å². The number of hydrogen-bond acceptors (Lipinski definition) is 5. The normalized spacial score (nSPS) is 16.9. The number of esters is 1. The van der Waals surface area contributed by atoms with Gasteiger partial charge in [-0.15, -0.1) is 0 Å². The number of fused-ring (bicyclic) bond motifs is 2. The Kier molecular flexibility index (Phi) is 5.77. The van der Waals surface area contributed by atoms with Gasteiger partial charge >= 0.3 is 18.2 Å². The number of hydrogen-bond donors (Lipinski definition) is 3. The summed E-state index contributed by atoms with van der Waals surface area (Å²) in [5.41, 5.74) is -1.89. The average molecular weight is 528 g/mol. The van der Waals surface area contributed by atoms with Crippen LogP contribution in [-0.4, -0.2) is 44.1 Å². The van der Waals surface area contributed by atoms with Crippen molar-refractivity contribution in [3.63, 3.8) is 0 Å². The Morgan fingerprint density at radius 2 is 1.84 bits per heavy atom. The highest BCUT2D eigenvalue weighted by Crippen LogP contribution is 2.47. The molecule has 1 aromatic heterocycles. The number of rotatable bonds is 5. The standard InChI is InChI=1S/C25H16F4N4O5/c26-15-5-3-4-13(10-15)12-33-20(34)16-6-1-2-7-17(16)24(33,38-21(35)25(27,28)29)14-8-9-18-19(11-14)31-22(30-18)32-23(36)37/h1-11H,12H2,(H,36,37)(H2,30,31,32). The third kappa shape index (κ3) is 4.17. The molecule has 38 heavy (non-hydrogen) atoms. The monoisotopic (exact) mass is 528 g/mol. The summed E-state index contributed by atoms with van der Waals surface area (Å²) in [4.78, 5) is 44.5. The van der Waals surface area contributed by atoms with Gasteiger partial charge in [0.05, 0.1) is 17.6 Å². The molecule has 0 aliphatic carbocycles. The first kappa shape index (κ1) is 24.7. The van der Waals surface area contributed by atoms with Crippen molar-refractivity contribution in [1.29, 1.82) is 0 Å². The van der Waals surface area contributed by atoms with Crippen molar-refractivity contribution in [3.05, 3.63) is 94.8 Å². The molecule has 0 saturated carbocycles. The van der Waals surface area contributed by atoms with Crippen LogP contribution in [0.25, 0.3) is 11.0 Å². The van der Waals surface area contributed by atoms with E-state index < -0.39 is 42.2 Å². The van der Waals surface area contributed by atoms with Crippen LogP contribution in [0.2, 0.25) is 0 Å². The van der Waals surface area contributed by atoms with Crippen LogP contribution in [0.4, 0.5) is 28.3 Å². The van der Waals surface area contributed by atoms with Crippen LogP contribution in [0.5, 0.6) is 0 Å². The fourth-order valence-corrected chi connectivity index (χ4v) is 4.45. The minimum atomic E-state index is -5.41. The number of carbonyl (C=O) groups is 3. The maximum Gasteiger partial charge on any atom is 0.491 e. The van der Waals surface area contributed by atoms with Crippen molar-refractivity contribution < 1.29 is 41.8 Å². The molecule has 4 aromatic rings. The number of ether oxygens (including phenoxy) is 1. The van der Waals surface area contributed by atoms with Gasteiger partial charge in [0.2, 0.25) is 11.7 Å². The quantitative estimate of drug-likeness (QED) is 0.254. The minimum Gasteiger partial charge on any atom is -0.465 e. The van der Waals surface area contributed by atoms with Crippen molar-refractivity contribution in [2.75, 3.05) is 5.32 Å². The lowest BCUT2D eigenvalue weighted by molar-refractivity contribution is -0.222. The average Bonchev–Trinajstić information content (AvgIpc) is 3.35. The van der Waals surface area contributed by atoms with Gasteiger partial charge in [0, 0.05) is 16.7 Å². The molecule has 2 heterocycles. The zero-order valence-electron chi connectivity index (χ0n) is 19.0. The zero-order valence-corrected chi connectivity index (χ0v) is 19.0. The Morgan fingerprint density at radius 3 is 2.55 bits per heavy atom. The topological polar surface area (TPSA) is 125 Å². The number of imidazole rings is 1. The number of aromatic nitrogens is 2. The van der Waals surface area contributed by atoms with Crippen molar-refractivity contribution in [3.8, 4) is 0 Å². The smallest absolute Gasteiger partial charge is 0.465 e. The summed E-state index contributed by atoms with van der Waals surface area (Å²) >= 11 is 0. The number of carboxylic acid groups (broad SMARTS) is 1. The molecule has 1 aliphatic heterocycles. The van der Waals surface area contributed by atoms with Gasteiger partial charge in [-0.1, -0.05) is 36.4 Å². The van der Waals surface area contributed by atoms with E-state index in [1.165, 1.54) is 54.6 Å². The van der Waals surface area contributed by atoms with Gasteiger partial charge in [-0.3, -0.25) is 15.0 Å². The maximum atomic E-state index is 14.0. The number of nitrogens with zero attached hydrogens (tertiary/aromatic N) is 2. The summed E-state index contributed by atoms with van der Waals surface area (Å²) in [6, 6.07) is 14.8. The second-order valence-electron chi connectivity index (χ2n) is 8.35. The van der Waals surface area contributed by atoms with Crippen molar-refractivity contribution in [1.82, 2.24) is 14.9 Å². The molecule has 0 saturated heterocycles. The highest BCUT2D eigenvalue weighted by molar-refractivity contribution is 6.01. The molecule has 3 aromatic carbocycles. The molecule has 194 valence electrons. The predicted molar refractivity (Wildman–Crippen MR) is 123 cm³/mol. The van der Waals surface area contributed by atoms with E-state index in [9.17, 15) is 31.9 Å². The first-order chi connectivity index (χ1) is 18.0. The van der Waals surface area contributed by atoms with E-state index in [1.54, 1.807) is 0 Å². The summed E-state index contributed by atoms with van der Waals surface area (Å²) in [6.45, 7) is -0.413. The van der Waals surface area contributed by atoms with Crippen LogP contribution in [0.15, 0.2) is 66.7 Å². The highest BCUT2D eigenvalue weighted by Gasteiger charge is 2.57. The van der Waals surface area contributed by atoms with Gasteiger partial charge in [0.25, 0.3) is 5.91 Å². The third-order valence-corrected chi connectivity index (χ3v) is 5.95. The van der Waals surface area contributed by atoms with E-state index in [0.717, 1.165) is 17.0 Å². The number of amides is 2. The van der Waals surface area contributed by atoms with E-state index in [2.05, 4.69) is 9.97 Å². The predicted octanol–water partition coefficient (Wildman–Crippen LogP) is 4.75. The Balaban J connectivity index is 1.75. The molecule has 1 aliphatic rings. The number of H-pyrrole nitrogens is 1. The Bertz CT molecular complexity index is 1600.